The maximum atomic E-state index is 12.8. The molecule has 9 heteroatoms. The first-order chi connectivity index (χ1) is 14.8. The predicted octanol–water partition coefficient (Wildman–Crippen LogP) is 1.87. The molecular weight excluding hydrogens is 418 g/mol. The Labute approximate surface area is 182 Å². The number of nitrogens with one attached hydrogen (secondary N) is 1. The van der Waals surface area contributed by atoms with E-state index in [0.717, 1.165) is 18.5 Å². The van der Waals surface area contributed by atoms with E-state index in [1.165, 1.54) is 30.6 Å². The molecule has 0 unspecified atom stereocenters. The van der Waals surface area contributed by atoms with Crippen molar-refractivity contribution in [2.24, 2.45) is 0 Å². The molecule has 166 valence electrons. The normalized spacial score (nSPS) is 14.2. The van der Waals surface area contributed by atoms with Crippen LogP contribution < -0.4 is 10.1 Å². The van der Waals surface area contributed by atoms with Gasteiger partial charge in [-0.2, -0.15) is 4.31 Å². The largest absolute Gasteiger partial charge is 0.497 e. The standard InChI is InChI=1S/C22H27N3O5S/c1-24(31(28,29)20-11-9-19(30-2)10-12-20)16-17-5-7-18(8-6-17)22(27)23-13-15-25-14-3-4-21(25)26/h5-12H,3-4,13-16H2,1-2H3,(H,23,27). The summed E-state index contributed by atoms with van der Waals surface area (Å²) in [6.45, 7) is 1.83. The summed E-state index contributed by atoms with van der Waals surface area (Å²) in [7, 11) is -0.611. The van der Waals surface area contributed by atoms with E-state index in [9.17, 15) is 18.0 Å². The molecular formula is C22H27N3O5S. The summed E-state index contributed by atoms with van der Waals surface area (Å²) >= 11 is 0. The smallest absolute Gasteiger partial charge is 0.251 e. The Bertz CT molecular complexity index is 1020. The van der Waals surface area contributed by atoms with Crippen molar-refractivity contribution < 1.29 is 22.7 Å². The molecule has 2 amide bonds. The number of nitrogens with zero attached hydrogens (tertiary/aromatic N) is 2. The molecule has 3 rings (SSSR count). The number of carbonyl (C=O) groups excluding carboxylic acids is 2. The zero-order valence-corrected chi connectivity index (χ0v) is 18.5. The van der Waals surface area contributed by atoms with Crippen LogP contribution in [0.4, 0.5) is 0 Å². The molecule has 0 atom stereocenters. The highest BCUT2D eigenvalue weighted by molar-refractivity contribution is 7.89. The minimum Gasteiger partial charge on any atom is -0.497 e. The lowest BCUT2D eigenvalue weighted by Gasteiger charge is -2.18. The fraction of sp³-hybridized carbons (Fsp3) is 0.364. The van der Waals surface area contributed by atoms with Crippen LogP contribution in [0.2, 0.25) is 0 Å². The quantitative estimate of drug-likeness (QED) is 0.636. The maximum Gasteiger partial charge on any atom is 0.251 e. The van der Waals surface area contributed by atoms with Crippen molar-refractivity contribution in [2.75, 3.05) is 33.8 Å². The number of hydrogen-bond donors (Lipinski definition) is 1. The minimum absolute atomic E-state index is 0.132. The summed E-state index contributed by atoms with van der Waals surface area (Å²) in [5.41, 5.74) is 1.25. The molecule has 8 nitrogen and oxygen atoms in total. The van der Waals surface area contributed by atoms with Crippen LogP contribution in [0.25, 0.3) is 0 Å². The van der Waals surface area contributed by atoms with Gasteiger partial charge >= 0.3 is 0 Å². The highest BCUT2D eigenvalue weighted by atomic mass is 32.2. The maximum absolute atomic E-state index is 12.8. The van der Waals surface area contributed by atoms with E-state index in [0.29, 0.717) is 30.8 Å². The average Bonchev–Trinajstić information content (AvgIpc) is 3.18. The topological polar surface area (TPSA) is 96.0 Å². The highest BCUT2D eigenvalue weighted by Crippen LogP contribution is 2.20. The molecule has 0 saturated carbocycles. The van der Waals surface area contributed by atoms with Crippen LogP contribution in [0.1, 0.15) is 28.8 Å². The zero-order valence-electron chi connectivity index (χ0n) is 17.7. The molecule has 0 aromatic heterocycles. The van der Waals surface area contributed by atoms with Gasteiger partial charge in [-0.1, -0.05) is 12.1 Å². The number of hydrogen-bond acceptors (Lipinski definition) is 5. The number of amides is 2. The Morgan fingerprint density at radius 1 is 1.13 bits per heavy atom. The Morgan fingerprint density at radius 3 is 2.39 bits per heavy atom. The van der Waals surface area contributed by atoms with Gasteiger partial charge in [0, 0.05) is 45.2 Å². The van der Waals surface area contributed by atoms with Gasteiger partial charge in [-0.25, -0.2) is 8.42 Å². The lowest BCUT2D eigenvalue weighted by Crippen LogP contribution is -2.35. The third-order valence-electron chi connectivity index (χ3n) is 5.23. The third kappa shape index (κ3) is 5.62. The van der Waals surface area contributed by atoms with Gasteiger partial charge in [-0.05, 0) is 48.4 Å². The molecule has 0 radical (unpaired) electrons. The molecule has 31 heavy (non-hydrogen) atoms. The van der Waals surface area contributed by atoms with Crippen molar-refractivity contribution >= 4 is 21.8 Å². The summed E-state index contributed by atoms with van der Waals surface area (Å²) < 4.78 is 31.8. The monoisotopic (exact) mass is 445 g/mol. The van der Waals surface area contributed by atoms with Crippen LogP contribution in [0.15, 0.2) is 53.4 Å². The number of ether oxygens (including phenoxy) is 1. The van der Waals surface area contributed by atoms with Crippen molar-refractivity contribution in [1.29, 1.82) is 0 Å². The van der Waals surface area contributed by atoms with E-state index < -0.39 is 10.0 Å². The molecule has 1 N–H and O–H groups in total. The van der Waals surface area contributed by atoms with E-state index in [-0.39, 0.29) is 23.3 Å². The van der Waals surface area contributed by atoms with E-state index >= 15 is 0 Å². The van der Waals surface area contributed by atoms with Crippen molar-refractivity contribution in [3.63, 3.8) is 0 Å². The number of rotatable bonds is 9. The molecule has 0 bridgehead atoms. The summed E-state index contributed by atoms with van der Waals surface area (Å²) in [5.74, 6) is 0.493. The number of likely N-dealkylation sites (tertiary alicyclic amines) is 1. The number of benzene rings is 2. The predicted molar refractivity (Wildman–Crippen MR) is 116 cm³/mol. The van der Waals surface area contributed by atoms with Gasteiger partial charge in [-0.3, -0.25) is 9.59 Å². The molecule has 0 spiro atoms. The molecule has 1 fully saturated rings. The molecule has 1 aliphatic rings. The molecule has 0 aliphatic carbocycles. The second kappa shape index (κ2) is 9.93. The van der Waals surface area contributed by atoms with Gasteiger partial charge < -0.3 is 15.0 Å². The van der Waals surface area contributed by atoms with Crippen molar-refractivity contribution in [3.8, 4) is 5.75 Å². The highest BCUT2D eigenvalue weighted by Gasteiger charge is 2.21. The van der Waals surface area contributed by atoms with Gasteiger partial charge in [0.05, 0.1) is 12.0 Å². The number of carbonyl (C=O) groups is 2. The fourth-order valence-electron chi connectivity index (χ4n) is 3.38. The lowest BCUT2D eigenvalue weighted by atomic mass is 10.1. The Hall–Kier alpha value is -2.91. The number of methoxy groups -OCH3 is 1. The Kier molecular flexibility index (Phi) is 7.29. The lowest BCUT2D eigenvalue weighted by molar-refractivity contribution is -0.127. The average molecular weight is 446 g/mol. The first kappa shape index (κ1) is 22.8. The van der Waals surface area contributed by atoms with E-state index in [1.54, 1.807) is 41.3 Å². The SMILES string of the molecule is COc1ccc(S(=O)(=O)N(C)Cc2ccc(C(=O)NCCN3CCCC3=O)cc2)cc1. The first-order valence-corrected chi connectivity index (χ1v) is 11.5. The van der Waals surface area contributed by atoms with Gasteiger partial charge in [0.15, 0.2) is 0 Å². The number of sulfonamides is 1. The summed E-state index contributed by atoms with van der Waals surface area (Å²) in [5, 5.41) is 2.81. The molecule has 2 aromatic carbocycles. The van der Waals surface area contributed by atoms with Crippen molar-refractivity contribution in [2.45, 2.75) is 24.3 Å². The van der Waals surface area contributed by atoms with Crippen LogP contribution in [0, 0.1) is 0 Å². The van der Waals surface area contributed by atoms with Crippen LogP contribution in [0.5, 0.6) is 5.75 Å². The Balaban J connectivity index is 1.55. The summed E-state index contributed by atoms with van der Waals surface area (Å²) in [6.07, 6.45) is 1.45. The van der Waals surface area contributed by atoms with Crippen LogP contribution >= 0.6 is 0 Å². The second-order valence-corrected chi connectivity index (χ2v) is 9.42. The third-order valence-corrected chi connectivity index (χ3v) is 7.05. The molecule has 1 saturated heterocycles. The van der Waals surface area contributed by atoms with Crippen molar-refractivity contribution in [1.82, 2.24) is 14.5 Å². The first-order valence-electron chi connectivity index (χ1n) is 10.1. The summed E-state index contributed by atoms with van der Waals surface area (Å²) in [4.78, 5) is 25.8. The van der Waals surface area contributed by atoms with Crippen molar-refractivity contribution in [3.05, 3.63) is 59.7 Å². The second-order valence-electron chi connectivity index (χ2n) is 7.37. The van der Waals surface area contributed by atoms with Gasteiger partial charge in [0.25, 0.3) is 5.91 Å². The van der Waals surface area contributed by atoms with Crippen LogP contribution in [-0.4, -0.2) is 63.2 Å². The molecule has 1 heterocycles. The van der Waals surface area contributed by atoms with Gasteiger partial charge in [-0.15, -0.1) is 0 Å². The van der Waals surface area contributed by atoms with E-state index in [1.807, 2.05) is 0 Å². The van der Waals surface area contributed by atoms with Crippen LogP contribution in [-0.2, 0) is 21.4 Å². The van der Waals surface area contributed by atoms with Gasteiger partial charge in [0.2, 0.25) is 15.9 Å². The van der Waals surface area contributed by atoms with E-state index in [4.69, 9.17) is 4.74 Å². The zero-order chi connectivity index (χ0) is 22.4. The summed E-state index contributed by atoms with van der Waals surface area (Å²) in [6, 6.07) is 13.0. The van der Waals surface area contributed by atoms with Crippen LogP contribution in [0.3, 0.4) is 0 Å². The molecule has 1 aliphatic heterocycles. The minimum atomic E-state index is -3.65. The molecule has 2 aromatic rings. The fourth-order valence-corrected chi connectivity index (χ4v) is 4.54. The van der Waals surface area contributed by atoms with Gasteiger partial charge in [0.1, 0.15) is 5.75 Å². The van der Waals surface area contributed by atoms with E-state index in [2.05, 4.69) is 5.32 Å². The Morgan fingerprint density at radius 2 is 1.81 bits per heavy atom.